The summed E-state index contributed by atoms with van der Waals surface area (Å²) in [5, 5.41) is 0. The third kappa shape index (κ3) is 2.52. The quantitative estimate of drug-likeness (QED) is 0.784. The molecule has 20 heavy (non-hydrogen) atoms. The molecule has 0 bridgehead atoms. The van der Waals surface area contributed by atoms with Crippen LogP contribution in [0.25, 0.3) is 0 Å². The Balaban J connectivity index is 2.37. The van der Waals surface area contributed by atoms with Crippen molar-refractivity contribution >= 4 is 11.9 Å². The summed E-state index contributed by atoms with van der Waals surface area (Å²) in [5.74, 6) is -0.683. The average molecular weight is 274 g/mol. The maximum atomic E-state index is 12.1. The van der Waals surface area contributed by atoms with E-state index in [1.807, 2.05) is 30.3 Å². The predicted molar refractivity (Wildman–Crippen MR) is 74.4 cm³/mol. The first kappa shape index (κ1) is 14.1. The Hall–Kier alpha value is -2.30. The first-order valence-electron chi connectivity index (χ1n) is 6.49. The van der Waals surface area contributed by atoms with Crippen LogP contribution < -0.4 is 0 Å². The van der Waals surface area contributed by atoms with E-state index in [-0.39, 0.29) is 24.4 Å². The monoisotopic (exact) mass is 274 g/mol. The lowest BCUT2D eigenvalue weighted by molar-refractivity contribution is -0.144. The van der Waals surface area contributed by atoms with Crippen LogP contribution in [0.3, 0.4) is 0 Å². The van der Waals surface area contributed by atoms with Crippen LogP contribution in [0, 0.1) is 0 Å². The highest BCUT2D eigenvalue weighted by Gasteiger charge is 2.34. The zero-order valence-corrected chi connectivity index (χ0v) is 11.9. The molecule has 1 aromatic carbocycles. The molecule has 5 heteroatoms. The van der Waals surface area contributed by atoms with Gasteiger partial charge in [0, 0.05) is 20.2 Å². The maximum Gasteiger partial charge on any atom is 0.354 e. The molecule has 1 aliphatic rings. The normalized spacial score (nSPS) is 18.9. The third-order valence-corrected chi connectivity index (χ3v) is 3.30. The molecule has 0 saturated heterocycles. The molecule has 5 nitrogen and oxygen atoms in total. The van der Waals surface area contributed by atoms with Gasteiger partial charge in [-0.15, -0.1) is 0 Å². The molecule has 0 fully saturated rings. The lowest BCUT2D eigenvalue weighted by atomic mass is 10.1. The molecule has 0 saturated carbocycles. The molecular weight excluding hydrogens is 256 g/mol. The number of ether oxygens (including phenoxy) is 1. The standard InChI is InChI=1S/C15H18N2O3/c1-4-20-15(19)12-10-13(18)17(3)14(16(12)2)11-8-6-5-7-9-11/h5-10,14H,4H2,1-3H3. The van der Waals surface area contributed by atoms with Crippen molar-refractivity contribution in [2.45, 2.75) is 13.1 Å². The van der Waals surface area contributed by atoms with Gasteiger partial charge < -0.3 is 14.5 Å². The highest BCUT2D eigenvalue weighted by molar-refractivity contribution is 5.99. The molecule has 0 spiro atoms. The number of benzene rings is 1. The SMILES string of the molecule is CCOC(=O)C1=CC(=O)N(C)C(c2ccccc2)N1C. The van der Waals surface area contributed by atoms with Gasteiger partial charge in [-0.25, -0.2) is 4.79 Å². The Morgan fingerprint density at radius 3 is 2.45 bits per heavy atom. The molecule has 1 amide bonds. The van der Waals surface area contributed by atoms with Gasteiger partial charge in [0.25, 0.3) is 5.91 Å². The summed E-state index contributed by atoms with van der Waals surface area (Å²) in [6, 6.07) is 9.59. The van der Waals surface area contributed by atoms with Crippen LogP contribution in [-0.4, -0.2) is 42.4 Å². The lowest BCUT2D eigenvalue weighted by Crippen LogP contribution is -2.45. The number of nitrogens with zero attached hydrogens (tertiary/aromatic N) is 2. The summed E-state index contributed by atoms with van der Waals surface area (Å²) in [5.41, 5.74) is 1.23. The molecule has 0 N–H and O–H groups in total. The molecule has 1 unspecified atom stereocenters. The van der Waals surface area contributed by atoms with Gasteiger partial charge in [0.05, 0.1) is 6.61 Å². The molecule has 1 heterocycles. The van der Waals surface area contributed by atoms with Crippen molar-refractivity contribution in [3.8, 4) is 0 Å². The molecule has 2 rings (SSSR count). The van der Waals surface area contributed by atoms with Crippen LogP contribution in [0.4, 0.5) is 0 Å². The van der Waals surface area contributed by atoms with Crippen LogP contribution in [-0.2, 0) is 14.3 Å². The highest BCUT2D eigenvalue weighted by atomic mass is 16.5. The number of esters is 1. The van der Waals surface area contributed by atoms with Crippen LogP contribution in [0.5, 0.6) is 0 Å². The van der Waals surface area contributed by atoms with Gasteiger partial charge >= 0.3 is 5.97 Å². The maximum absolute atomic E-state index is 12.1. The minimum absolute atomic E-state index is 0.208. The van der Waals surface area contributed by atoms with Crippen molar-refractivity contribution in [2.24, 2.45) is 0 Å². The van der Waals surface area contributed by atoms with Crippen molar-refractivity contribution in [1.82, 2.24) is 9.80 Å². The lowest BCUT2D eigenvalue weighted by Gasteiger charge is -2.40. The summed E-state index contributed by atoms with van der Waals surface area (Å²) in [7, 11) is 3.50. The van der Waals surface area contributed by atoms with Crippen LogP contribution in [0.15, 0.2) is 42.1 Å². The van der Waals surface area contributed by atoms with Gasteiger partial charge in [-0.05, 0) is 12.5 Å². The van der Waals surface area contributed by atoms with Crippen LogP contribution in [0.1, 0.15) is 18.7 Å². The average Bonchev–Trinajstić information content (AvgIpc) is 2.44. The number of carbonyl (C=O) groups excluding carboxylic acids is 2. The summed E-state index contributed by atoms with van der Waals surface area (Å²) >= 11 is 0. The van der Waals surface area contributed by atoms with E-state index >= 15 is 0 Å². The molecular formula is C15H18N2O3. The van der Waals surface area contributed by atoms with Gasteiger partial charge in [-0.3, -0.25) is 4.79 Å². The van der Waals surface area contributed by atoms with E-state index in [9.17, 15) is 9.59 Å². The third-order valence-electron chi connectivity index (χ3n) is 3.30. The number of hydrogen-bond donors (Lipinski definition) is 0. The van der Waals surface area contributed by atoms with Crippen molar-refractivity contribution < 1.29 is 14.3 Å². The van der Waals surface area contributed by atoms with Gasteiger partial charge in [0.2, 0.25) is 0 Å². The number of amides is 1. The fourth-order valence-corrected chi connectivity index (χ4v) is 2.31. The first-order chi connectivity index (χ1) is 9.56. The molecule has 0 aromatic heterocycles. The van der Waals surface area contributed by atoms with Crippen LogP contribution >= 0.6 is 0 Å². The van der Waals surface area contributed by atoms with Gasteiger partial charge in [0.1, 0.15) is 11.9 Å². The predicted octanol–water partition coefficient (Wildman–Crippen LogP) is 1.54. The zero-order valence-electron chi connectivity index (χ0n) is 11.9. The van der Waals surface area contributed by atoms with E-state index in [0.717, 1.165) is 5.56 Å². The largest absolute Gasteiger partial charge is 0.461 e. The van der Waals surface area contributed by atoms with Crippen LogP contribution in [0.2, 0.25) is 0 Å². The van der Waals surface area contributed by atoms with Crippen molar-refractivity contribution in [2.75, 3.05) is 20.7 Å². The van der Waals surface area contributed by atoms with Crippen molar-refractivity contribution in [3.05, 3.63) is 47.7 Å². The van der Waals surface area contributed by atoms with E-state index < -0.39 is 5.97 Å². The van der Waals surface area contributed by atoms with E-state index in [1.165, 1.54) is 6.08 Å². The topological polar surface area (TPSA) is 49.9 Å². The number of rotatable bonds is 3. The summed E-state index contributed by atoms with van der Waals surface area (Å²) in [6.07, 6.45) is 1.00. The Labute approximate surface area is 118 Å². The molecule has 0 radical (unpaired) electrons. The fraction of sp³-hybridized carbons (Fsp3) is 0.333. The molecule has 0 aliphatic carbocycles. The summed E-state index contributed by atoms with van der Waals surface area (Å²) in [6.45, 7) is 2.02. The van der Waals surface area contributed by atoms with E-state index in [1.54, 1.807) is 30.8 Å². The molecule has 1 atom stereocenters. The summed E-state index contributed by atoms with van der Waals surface area (Å²) in [4.78, 5) is 27.3. The number of likely N-dealkylation sites (N-methyl/N-ethyl adjacent to an activating group) is 2. The minimum atomic E-state index is -0.475. The molecule has 106 valence electrons. The van der Waals surface area contributed by atoms with Crippen molar-refractivity contribution in [3.63, 3.8) is 0 Å². The number of carbonyl (C=O) groups is 2. The second-order valence-corrected chi connectivity index (χ2v) is 4.59. The second kappa shape index (κ2) is 5.77. The van der Waals surface area contributed by atoms with Crippen molar-refractivity contribution in [1.29, 1.82) is 0 Å². The van der Waals surface area contributed by atoms with Gasteiger partial charge in [-0.2, -0.15) is 0 Å². The Kier molecular flexibility index (Phi) is 4.08. The Morgan fingerprint density at radius 1 is 1.20 bits per heavy atom. The fourth-order valence-electron chi connectivity index (χ4n) is 2.31. The second-order valence-electron chi connectivity index (χ2n) is 4.59. The summed E-state index contributed by atoms with van der Waals surface area (Å²) < 4.78 is 5.00. The first-order valence-corrected chi connectivity index (χ1v) is 6.49. The van der Waals surface area contributed by atoms with Gasteiger partial charge in [-0.1, -0.05) is 30.3 Å². The molecule has 1 aliphatic heterocycles. The smallest absolute Gasteiger partial charge is 0.354 e. The minimum Gasteiger partial charge on any atom is -0.461 e. The number of hydrogen-bond acceptors (Lipinski definition) is 4. The van der Waals surface area contributed by atoms with E-state index in [4.69, 9.17) is 4.74 Å². The van der Waals surface area contributed by atoms with E-state index in [2.05, 4.69) is 0 Å². The molecule has 1 aromatic rings. The van der Waals surface area contributed by atoms with E-state index in [0.29, 0.717) is 0 Å². The highest BCUT2D eigenvalue weighted by Crippen LogP contribution is 2.30. The Morgan fingerprint density at radius 2 is 1.85 bits per heavy atom. The Bertz CT molecular complexity index is 539. The zero-order chi connectivity index (χ0) is 14.7. The van der Waals surface area contributed by atoms with Gasteiger partial charge in [0.15, 0.2) is 0 Å².